The first-order valence-electron chi connectivity index (χ1n) is 9.60. The zero-order valence-corrected chi connectivity index (χ0v) is 20.1. The highest BCUT2D eigenvalue weighted by Crippen LogP contribution is 2.21. The molecule has 6 heteroatoms. The van der Waals surface area contributed by atoms with Crippen molar-refractivity contribution < 1.29 is 9.59 Å². The van der Waals surface area contributed by atoms with Crippen LogP contribution in [0.2, 0.25) is 0 Å². The van der Waals surface area contributed by atoms with E-state index in [0.717, 1.165) is 14.9 Å². The predicted molar refractivity (Wildman–Crippen MR) is 124 cm³/mol. The maximum absolute atomic E-state index is 13.1. The molecule has 2 aromatic carbocycles. The number of carbonyl (C=O) groups excluding carboxylic acids is 2. The quantitative estimate of drug-likeness (QED) is 0.559. The Kier molecular flexibility index (Phi) is 8.34. The number of nitrogens with one attached hydrogen (secondary N) is 1. The van der Waals surface area contributed by atoms with E-state index in [0.29, 0.717) is 6.54 Å². The van der Waals surface area contributed by atoms with E-state index in [2.05, 4.69) is 21.2 Å². The zero-order chi connectivity index (χ0) is 21.6. The van der Waals surface area contributed by atoms with Crippen LogP contribution < -0.4 is 5.32 Å². The van der Waals surface area contributed by atoms with Crippen molar-refractivity contribution >= 4 is 39.5 Å². The summed E-state index contributed by atoms with van der Waals surface area (Å²) in [5.41, 5.74) is 1.82. The van der Waals surface area contributed by atoms with Crippen LogP contribution in [-0.2, 0) is 16.1 Å². The first kappa shape index (κ1) is 23.5. The van der Waals surface area contributed by atoms with Gasteiger partial charge in [-0.3, -0.25) is 9.59 Å². The molecule has 0 radical (unpaired) electrons. The Balaban J connectivity index is 2.15. The minimum absolute atomic E-state index is 0.0601. The van der Waals surface area contributed by atoms with Gasteiger partial charge in [0.25, 0.3) is 0 Å². The van der Waals surface area contributed by atoms with Crippen LogP contribution in [0.25, 0.3) is 0 Å². The van der Waals surface area contributed by atoms with Crippen molar-refractivity contribution in [3.05, 3.63) is 64.1 Å². The highest BCUT2D eigenvalue weighted by molar-refractivity contribution is 9.10. The molecule has 0 saturated heterocycles. The highest BCUT2D eigenvalue weighted by atomic mass is 79.9. The Morgan fingerprint density at radius 1 is 1.07 bits per heavy atom. The van der Waals surface area contributed by atoms with Crippen molar-refractivity contribution in [3.8, 4) is 0 Å². The molecule has 0 aliphatic rings. The molecule has 4 nitrogen and oxygen atoms in total. The molecule has 0 spiro atoms. The average Bonchev–Trinajstić information content (AvgIpc) is 2.65. The van der Waals surface area contributed by atoms with E-state index >= 15 is 0 Å². The van der Waals surface area contributed by atoms with Gasteiger partial charge >= 0.3 is 0 Å². The van der Waals surface area contributed by atoms with Crippen molar-refractivity contribution in [2.75, 3.05) is 5.75 Å². The first-order chi connectivity index (χ1) is 13.5. The van der Waals surface area contributed by atoms with Crippen LogP contribution in [0, 0.1) is 6.92 Å². The van der Waals surface area contributed by atoms with Crippen molar-refractivity contribution in [2.24, 2.45) is 0 Å². The van der Waals surface area contributed by atoms with Gasteiger partial charge in [-0.25, -0.2) is 0 Å². The fourth-order valence-corrected chi connectivity index (χ4v) is 3.75. The van der Waals surface area contributed by atoms with Crippen LogP contribution in [-0.4, -0.2) is 34.0 Å². The Morgan fingerprint density at radius 3 is 2.21 bits per heavy atom. The van der Waals surface area contributed by atoms with Gasteiger partial charge in [0.1, 0.15) is 6.04 Å². The monoisotopic (exact) mass is 476 g/mol. The van der Waals surface area contributed by atoms with Gasteiger partial charge in [-0.2, -0.15) is 0 Å². The third kappa shape index (κ3) is 7.86. The maximum Gasteiger partial charge on any atom is 0.242 e. The third-order valence-corrected chi connectivity index (χ3v) is 5.84. The Morgan fingerprint density at radius 2 is 1.66 bits per heavy atom. The minimum Gasteiger partial charge on any atom is -0.350 e. The lowest BCUT2D eigenvalue weighted by molar-refractivity contribution is -0.139. The van der Waals surface area contributed by atoms with Gasteiger partial charge < -0.3 is 10.2 Å². The van der Waals surface area contributed by atoms with Gasteiger partial charge in [0.15, 0.2) is 0 Å². The summed E-state index contributed by atoms with van der Waals surface area (Å²) < 4.78 is 0.979. The van der Waals surface area contributed by atoms with Crippen LogP contribution in [0.3, 0.4) is 0 Å². The number of hydrogen-bond donors (Lipinski definition) is 1. The molecule has 0 aliphatic carbocycles. The van der Waals surface area contributed by atoms with E-state index in [-0.39, 0.29) is 23.1 Å². The summed E-state index contributed by atoms with van der Waals surface area (Å²) in [6.07, 6.45) is 0. The van der Waals surface area contributed by atoms with E-state index < -0.39 is 6.04 Å². The van der Waals surface area contributed by atoms with Gasteiger partial charge in [-0.05, 0) is 64.4 Å². The lowest BCUT2D eigenvalue weighted by Gasteiger charge is -2.31. The molecule has 0 fully saturated rings. The number of nitrogens with zero attached hydrogens (tertiary/aromatic N) is 1. The number of aryl methyl sites for hydroxylation is 1. The van der Waals surface area contributed by atoms with Gasteiger partial charge in [0.05, 0.1) is 5.75 Å². The molecule has 0 saturated carbocycles. The van der Waals surface area contributed by atoms with Crippen LogP contribution in [0.4, 0.5) is 0 Å². The average molecular weight is 477 g/mol. The number of benzene rings is 2. The van der Waals surface area contributed by atoms with Crippen LogP contribution in [0.5, 0.6) is 0 Å². The molecule has 1 atom stereocenters. The second kappa shape index (κ2) is 10.3. The molecular weight excluding hydrogens is 448 g/mol. The molecule has 0 unspecified atom stereocenters. The third-order valence-electron chi connectivity index (χ3n) is 4.31. The van der Waals surface area contributed by atoms with Crippen molar-refractivity contribution in [1.29, 1.82) is 0 Å². The van der Waals surface area contributed by atoms with E-state index in [1.165, 1.54) is 17.3 Å². The molecule has 29 heavy (non-hydrogen) atoms. The number of halogens is 1. The van der Waals surface area contributed by atoms with Crippen LogP contribution in [0.1, 0.15) is 38.8 Å². The standard InChI is InChI=1S/C23H29BrN2O2S/c1-16-6-12-20(13-7-16)29-15-21(27)26(14-18-8-10-19(24)11-9-18)17(2)22(28)25-23(3,4)5/h6-13,17H,14-15H2,1-5H3,(H,25,28)/t17-/m1/s1. The summed E-state index contributed by atoms with van der Waals surface area (Å²) in [4.78, 5) is 28.5. The second-order valence-corrected chi connectivity index (χ2v) is 10.1. The lowest BCUT2D eigenvalue weighted by atomic mass is 10.1. The number of rotatable bonds is 7. The Labute approximate surface area is 186 Å². The number of amides is 2. The minimum atomic E-state index is -0.566. The molecule has 2 amide bonds. The first-order valence-corrected chi connectivity index (χ1v) is 11.4. The number of thioether (sulfide) groups is 1. The molecule has 156 valence electrons. The molecule has 0 aliphatic heterocycles. The summed E-state index contributed by atoms with van der Waals surface area (Å²) in [5.74, 6) is 0.0746. The van der Waals surface area contributed by atoms with Crippen molar-refractivity contribution in [1.82, 2.24) is 10.2 Å². The normalized spacial score (nSPS) is 12.3. The van der Waals surface area contributed by atoms with Gasteiger partial charge in [-0.1, -0.05) is 45.8 Å². The maximum atomic E-state index is 13.1. The molecule has 1 N–H and O–H groups in total. The fraction of sp³-hybridized carbons (Fsp3) is 0.391. The molecule has 2 rings (SSSR count). The van der Waals surface area contributed by atoms with E-state index in [9.17, 15) is 9.59 Å². The highest BCUT2D eigenvalue weighted by Gasteiger charge is 2.28. The van der Waals surface area contributed by atoms with Gasteiger partial charge in [0, 0.05) is 21.5 Å². The molecule has 0 aromatic heterocycles. The summed E-state index contributed by atoms with van der Waals surface area (Å²) in [7, 11) is 0. The Hall–Kier alpha value is -1.79. The van der Waals surface area contributed by atoms with Crippen LogP contribution >= 0.6 is 27.7 Å². The van der Waals surface area contributed by atoms with Crippen molar-refractivity contribution in [2.45, 2.75) is 57.6 Å². The second-order valence-electron chi connectivity index (χ2n) is 8.17. The SMILES string of the molecule is Cc1ccc(SCC(=O)N(Cc2ccc(Br)cc2)[C@H](C)C(=O)NC(C)(C)C)cc1. The summed E-state index contributed by atoms with van der Waals surface area (Å²) in [6, 6.07) is 15.3. The molecular formula is C23H29BrN2O2S. The topological polar surface area (TPSA) is 49.4 Å². The van der Waals surface area contributed by atoms with E-state index in [4.69, 9.17) is 0 Å². The Bertz CT molecular complexity index is 829. The van der Waals surface area contributed by atoms with Gasteiger partial charge in [-0.15, -0.1) is 11.8 Å². The van der Waals surface area contributed by atoms with Crippen molar-refractivity contribution in [3.63, 3.8) is 0 Å². The molecule has 2 aromatic rings. The fourth-order valence-electron chi connectivity index (χ4n) is 2.71. The van der Waals surface area contributed by atoms with Gasteiger partial charge in [0.2, 0.25) is 11.8 Å². The van der Waals surface area contributed by atoms with Crippen LogP contribution in [0.15, 0.2) is 57.9 Å². The summed E-state index contributed by atoms with van der Waals surface area (Å²) >= 11 is 4.92. The predicted octanol–water partition coefficient (Wildman–Crippen LogP) is 5.18. The van der Waals surface area contributed by atoms with E-state index in [1.807, 2.05) is 76.2 Å². The lowest BCUT2D eigenvalue weighted by Crippen LogP contribution is -2.52. The zero-order valence-electron chi connectivity index (χ0n) is 17.7. The number of hydrogen-bond acceptors (Lipinski definition) is 3. The number of carbonyl (C=O) groups is 2. The smallest absolute Gasteiger partial charge is 0.242 e. The molecule has 0 heterocycles. The summed E-state index contributed by atoms with van der Waals surface area (Å²) in [5, 5.41) is 2.98. The summed E-state index contributed by atoms with van der Waals surface area (Å²) in [6.45, 7) is 10.0. The molecule has 0 bridgehead atoms. The largest absolute Gasteiger partial charge is 0.350 e. The van der Waals surface area contributed by atoms with E-state index in [1.54, 1.807) is 11.8 Å².